The highest BCUT2D eigenvalue weighted by Crippen LogP contribution is 2.17. The number of rotatable bonds is 66. The zero-order chi connectivity index (χ0) is 107. The second-order valence-corrected chi connectivity index (χ2v) is 35.0. The minimum Gasteiger partial charge on any atom is -0.481 e. The maximum Gasteiger partial charge on any atom is 0.325 e. The first-order chi connectivity index (χ1) is 65.4. The number of aromatic amines is 1. The number of hydrogen-bond acceptors (Lipinski definition) is 27. The van der Waals surface area contributed by atoms with Crippen molar-refractivity contribution < 1.29 is 116 Å². The minimum absolute atomic E-state index is 0.00384. The van der Waals surface area contributed by atoms with Crippen molar-refractivity contribution in [3.8, 4) is 0 Å². The van der Waals surface area contributed by atoms with Crippen molar-refractivity contribution in [2.24, 2.45) is 58.3 Å². The smallest absolute Gasteiger partial charge is 0.325 e. The second-order valence-electron chi connectivity index (χ2n) is 35.0. The standard InChI is InChI=1S/C85H149N31O24/c1-17-40(8)61(87)77(134)103-44(12)67(124)101-43(11)66(123)98-35-58(119)107-51(24-21-29-96-84(90)91)73(130)116-65(48(16)117)78(135)99-36-59(120)106-50(23-20-28-95-83(88)89)71(128)108-52(25-22-30-97-85(92)93)72(129)109-53(26-27-57(86)118)70(127)102-46(14)69(126)114-63(41(9)18-2)80(137)112-55(32-49-34-94-37-100-49)74(131)110-56(33-60(121)122)76(133)115-64(42(10)19-3)81(138)111-54(31-38(4)5)75(132)113-62(39(6)7)79(136)104-45(13)68(125)105-47(15)82(139)140/h34,37-48,50-56,61-65,117H,17-33,35-36,87H2,1-16H3,(H2,86,118)(H,94,100)(H,98,123)(H,99,135)(H,101,124)(H,102,127)(H,103,134)(H,104,136)(H,105,125)(H,106,120)(H,107,119)(H,108,128)(H,109,129)(H,110,131)(H,111,138)(H,112,137)(H,113,132)(H,114,126)(H,115,133)(H,116,130)(H,121,122)(H,139,140)(H4,88,89,95)(H4,90,91,96)(H4,92,93,97)/t40-,41-,42-,43-,44-,45-,46-,47-,48+,50-,51-,52-,53-,54-,55-,56-,61-,62-,63-,64-,65-/m0/s1. The molecule has 38 N–H and O–H groups in total. The number of H-pyrrole nitrogens is 1. The van der Waals surface area contributed by atoms with Crippen molar-refractivity contribution in [1.82, 2.24) is 122 Å². The number of amides is 19. The van der Waals surface area contributed by atoms with Crippen molar-refractivity contribution >= 4 is 142 Å². The number of imidazole rings is 1. The molecule has 0 aliphatic carbocycles. The second kappa shape index (κ2) is 63.3. The number of carboxylic acid groups (broad SMARTS) is 2. The molecular weight excluding hydrogens is 1840 g/mol. The zero-order valence-electron chi connectivity index (χ0n) is 82.1. The van der Waals surface area contributed by atoms with Crippen LogP contribution in [0.1, 0.15) is 200 Å². The van der Waals surface area contributed by atoms with E-state index in [0.29, 0.717) is 6.42 Å². The van der Waals surface area contributed by atoms with Crippen LogP contribution < -0.4 is 140 Å². The summed E-state index contributed by atoms with van der Waals surface area (Å²) in [6.07, 6.45) is -1.87. The number of primary amides is 1. The number of nitrogens with one attached hydrogen (secondary N) is 25. The first kappa shape index (κ1) is 124. The van der Waals surface area contributed by atoms with Gasteiger partial charge in [0.15, 0.2) is 17.9 Å². The molecule has 0 radical (unpaired) electrons. The van der Waals surface area contributed by atoms with Crippen LogP contribution in [0.25, 0.3) is 0 Å². The van der Waals surface area contributed by atoms with E-state index in [0.717, 1.165) is 6.92 Å². The highest BCUT2D eigenvalue weighted by atomic mass is 16.4. The van der Waals surface area contributed by atoms with Gasteiger partial charge < -0.3 is 161 Å². The largest absolute Gasteiger partial charge is 0.481 e. The number of aliphatic hydroxyl groups is 1. The van der Waals surface area contributed by atoms with Crippen molar-refractivity contribution in [2.75, 3.05) is 32.7 Å². The first-order valence-electron chi connectivity index (χ1n) is 46.2. The van der Waals surface area contributed by atoms with Gasteiger partial charge in [-0.3, -0.25) is 117 Å². The molecule has 19 amide bonds. The number of aromatic nitrogens is 2. The van der Waals surface area contributed by atoms with E-state index in [-0.39, 0.29) is 95.0 Å². The summed E-state index contributed by atoms with van der Waals surface area (Å²) < 4.78 is 0. The van der Waals surface area contributed by atoms with Gasteiger partial charge >= 0.3 is 11.9 Å². The number of carbonyl (C=O) groups is 21. The van der Waals surface area contributed by atoms with Crippen molar-refractivity contribution in [2.45, 2.75) is 309 Å². The van der Waals surface area contributed by atoms with Crippen LogP contribution in [0.3, 0.4) is 0 Å². The summed E-state index contributed by atoms with van der Waals surface area (Å²) in [5.74, 6) is -25.9. The molecule has 55 nitrogen and oxygen atoms in total. The molecule has 1 aromatic heterocycles. The summed E-state index contributed by atoms with van der Waals surface area (Å²) in [5, 5.41) is 105. The van der Waals surface area contributed by atoms with E-state index in [1.54, 1.807) is 55.4 Å². The van der Waals surface area contributed by atoms with Crippen molar-refractivity contribution in [3.05, 3.63) is 18.2 Å². The van der Waals surface area contributed by atoms with Gasteiger partial charge in [0, 0.05) is 44.4 Å². The lowest BCUT2D eigenvalue weighted by Gasteiger charge is -2.30. The molecule has 1 rings (SSSR count). The number of nitrogens with zero attached hydrogens (tertiary/aromatic N) is 1. The maximum absolute atomic E-state index is 14.7. The molecule has 1 aromatic rings. The molecule has 0 aliphatic rings. The normalized spacial score (nSPS) is 15.6. The number of guanidine groups is 3. The molecule has 0 saturated carbocycles. The van der Waals surface area contributed by atoms with Crippen molar-refractivity contribution in [3.63, 3.8) is 0 Å². The maximum atomic E-state index is 14.7. The molecule has 0 spiro atoms. The van der Waals surface area contributed by atoms with Crippen LogP contribution in [0.5, 0.6) is 0 Å². The molecule has 1 heterocycles. The molecule has 0 saturated heterocycles. The van der Waals surface area contributed by atoms with Gasteiger partial charge in [0.05, 0.1) is 38.0 Å². The quantitative estimate of drug-likeness (QED) is 0.0164. The van der Waals surface area contributed by atoms with Gasteiger partial charge in [-0.15, -0.1) is 0 Å². The number of carboxylic acids is 2. The van der Waals surface area contributed by atoms with Crippen molar-refractivity contribution in [1.29, 1.82) is 16.2 Å². The van der Waals surface area contributed by atoms with E-state index in [9.17, 15) is 116 Å². The van der Waals surface area contributed by atoms with E-state index < -0.39 is 307 Å². The Kier molecular flexibility index (Phi) is 56.0. The lowest BCUT2D eigenvalue weighted by Crippen LogP contribution is -2.62. The minimum atomic E-state index is -1.99. The fourth-order valence-electron chi connectivity index (χ4n) is 13.1. The lowest BCUT2D eigenvalue weighted by atomic mass is 9.95. The Morgan fingerprint density at radius 1 is 0.364 bits per heavy atom. The van der Waals surface area contributed by atoms with Crippen LogP contribution in [0, 0.1) is 45.8 Å². The van der Waals surface area contributed by atoms with Crippen LogP contribution >= 0.6 is 0 Å². The van der Waals surface area contributed by atoms with Gasteiger partial charge in [-0.05, 0) is 122 Å². The molecule has 0 unspecified atom stereocenters. The van der Waals surface area contributed by atoms with Crippen LogP contribution in [-0.4, -0.2) is 309 Å². The molecule has 0 bridgehead atoms. The number of hydrogen-bond donors (Lipinski definition) is 33. The Morgan fingerprint density at radius 3 is 1.11 bits per heavy atom. The Labute approximate surface area is 811 Å². The third kappa shape index (κ3) is 47.2. The summed E-state index contributed by atoms with van der Waals surface area (Å²) in [4.78, 5) is 293. The van der Waals surface area contributed by atoms with Gasteiger partial charge in [-0.25, -0.2) is 4.98 Å². The van der Waals surface area contributed by atoms with Crippen LogP contribution in [0.15, 0.2) is 12.5 Å². The molecule has 0 fully saturated rings. The number of nitrogens with two attached hydrogens (primary N) is 5. The fourth-order valence-corrected chi connectivity index (χ4v) is 13.1. The SMILES string of the molecule is CC[C@H](C)[C@H](N)C(=O)N[C@@H](C)C(=O)N[C@@H](C)C(=O)NCC(=O)N[C@@H](CCCNC(=N)N)C(=O)N[C@H](C(=O)NCC(=O)N[C@@H](CCCNC(=N)N)C(=O)N[C@@H](CCCNC(=N)N)C(=O)N[C@@H](CCC(N)=O)C(=O)N[C@@H](C)C(=O)N[C@H](C(=O)N[C@@H](Cc1cnc[nH]1)C(=O)N[C@@H](CC(=O)O)C(=O)N[C@H](C(=O)N[C@@H](CC(C)C)C(=O)N[C@H](C(=O)N[C@@H](C)C(=O)N[C@@H](C)C(=O)O)C(C)C)[C@@H](C)CC)[C@@H](C)CC)[C@@H](C)O. The van der Waals surface area contributed by atoms with E-state index >= 15 is 0 Å². The Hall–Kier alpha value is -14.2. The third-order valence-electron chi connectivity index (χ3n) is 22.2. The topological polar surface area (TPSA) is 902 Å². The fraction of sp³-hybridized carbons (Fsp3) is 0.682. The van der Waals surface area contributed by atoms with E-state index in [1.807, 2.05) is 6.92 Å². The molecule has 55 heteroatoms. The summed E-state index contributed by atoms with van der Waals surface area (Å²) >= 11 is 0. The van der Waals surface area contributed by atoms with Gasteiger partial charge in [0.1, 0.15) is 96.7 Å². The van der Waals surface area contributed by atoms with E-state index in [4.69, 9.17) is 44.9 Å². The van der Waals surface area contributed by atoms with Gasteiger partial charge in [-0.2, -0.15) is 0 Å². The summed E-state index contributed by atoms with van der Waals surface area (Å²) in [6.45, 7) is 22.1. The summed E-state index contributed by atoms with van der Waals surface area (Å²) in [6, 6.07) is -25.5. The Bertz CT molecular complexity index is 4410. The predicted molar refractivity (Wildman–Crippen MR) is 506 cm³/mol. The zero-order valence-corrected chi connectivity index (χ0v) is 82.1. The molecule has 0 aromatic carbocycles. The highest BCUT2D eigenvalue weighted by molar-refractivity contribution is 6.02. The number of carbonyl (C=O) groups excluding carboxylic acids is 19. The van der Waals surface area contributed by atoms with Gasteiger partial charge in [-0.1, -0.05) is 88.5 Å². The molecule has 140 heavy (non-hydrogen) atoms. The highest BCUT2D eigenvalue weighted by Gasteiger charge is 2.41. The predicted octanol–water partition coefficient (Wildman–Crippen LogP) is -9.80. The molecule has 0 aliphatic heterocycles. The third-order valence-corrected chi connectivity index (χ3v) is 22.2. The van der Waals surface area contributed by atoms with Crippen LogP contribution in [0.4, 0.5) is 0 Å². The molecular formula is C85H149N31O24. The Morgan fingerprint density at radius 2 is 0.700 bits per heavy atom. The monoisotopic (exact) mass is 1990 g/mol. The average Bonchev–Trinajstić information content (AvgIpc) is 1.24. The molecule has 788 valence electrons. The lowest BCUT2D eigenvalue weighted by molar-refractivity contribution is -0.142. The van der Waals surface area contributed by atoms with E-state index in [1.165, 1.54) is 54.1 Å². The van der Waals surface area contributed by atoms with Gasteiger partial charge in [0.25, 0.3) is 0 Å². The van der Waals surface area contributed by atoms with Gasteiger partial charge in [0.2, 0.25) is 112 Å². The molecule has 21 atom stereocenters. The number of aliphatic hydroxyl groups excluding tert-OH is 1. The van der Waals surface area contributed by atoms with E-state index in [2.05, 4.69) is 122 Å². The summed E-state index contributed by atoms with van der Waals surface area (Å²) in [5.41, 5.74) is 28.1. The van der Waals surface area contributed by atoms with Crippen LogP contribution in [-0.2, 0) is 107 Å². The first-order valence-corrected chi connectivity index (χ1v) is 46.2. The Balaban J connectivity index is 3.66. The number of aliphatic carboxylic acids is 2. The van der Waals surface area contributed by atoms with Crippen LogP contribution in [0.2, 0.25) is 0 Å². The summed E-state index contributed by atoms with van der Waals surface area (Å²) in [7, 11) is 0. The average molecular weight is 1990 g/mol.